The van der Waals surface area contributed by atoms with Gasteiger partial charge in [-0.05, 0) is 6.04 Å². The van der Waals surface area contributed by atoms with Crippen LogP contribution in [0.1, 0.15) is 0 Å². The van der Waals surface area contributed by atoms with E-state index >= 15 is 0 Å². The Labute approximate surface area is 70.2 Å². The van der Waals surface area contributed by atoms with Gasteiger partial charge in [-0.25, -0.2) is 0 Å². The Morgan fingerprint density at radius 3 is 2.55 bits per heavy atom. The molecule has 1 aromatic rings. The summed E-state index contributed by atoms with van der Waals surface area (Å²) >= 11 is 0. The summed E-state index contributed by atoms with van der Waals surface area (Å²) < 4.78 is 0. The van der Waals surface area contributed by atoms with E-state index in [0.29, 0.717) is 0 Å². The van der Waals surface area contributed by atoms with E-state index in [2.05, 4.69) is 43.5 Å². The van der Waals surface area contributed by atoms with Crippen LogP contribution in [0.2, 0.25) is 12.6 Å². The highest BCUT2D eigenvalue weighted by atomic mass is 28.3. The summed E-state index contributed by atoms with van der Waals surface area (Å²) in [4.78, 5) is 0. The van der Waals surface area contributed by atoms with Crippen LogP contribution in [0.15, 0.2) is 43.0 Å². The molecule has 0 amide bonds. The second kappa shape index (κ2) is 4.14. The molecular formula is C10H13Si. The third-order valence-corrected chi connectivity index (χ3v) is 3.94. The van der Waals surface area contributed by atoms with Crippen LogP contribution < -0.4 is 5.19 Å². The SMILES string of the molecule is C=CC[Si](C)c1ccccc1. The van der Waals surface area contributed by atoms with Crippen molar-refractivity contribution in [2.45, 2.75) is 12.6 Å². The zero-order valence-electron chi connectivity index (χ0n) is 6.88. The number of hydrogen-bond acceptors (Lipinski definition) is 0. The lowest BCUT2D eigenvalue weighted by molar-refractivity contribution is 1.63. The average Bonchev–Trinajstić information content (AvgIpc) is 2.07. The standard InChI is InChI=1S/C10H13Si/c1-3-9-11(2)10-7-5-4-6-8-10/h3-8H,1,9H2,2H3. The molecule has 0 heterocycles. The summed E-state index contributed by atoms with van der Waals surface area (Å²) in [5.41, 5.74) is 0. The maximum atomic E-state index is 3.75. The fourth-order valence-electron chi connectivity index (χ4n) is 1.06. The molecule has 0 aliphatic heterocycles. The van der Waals surface area contributed by atoms with E-state index in [0.717, 1.165) is 6.04 Å². The molecule has 0 nitrogen and oxygen atoms in total. The Morgan fingerprint density at radius 1 is 1.36 bits per heavy atom. The number of rotatable bonds is 3. The molecule has 11 heavy (non-hydrogen) atoms. The van der Waals surface area contributed by atoms with Gasteiger partial charge in [-0.1, -0.05) is 48.1 Å². The first-order chi connectivity index (χ1) is 5.34. The Hall–Kier alpha value is -0.823. The molecule has 0 atom stereocenters. The Bertz CT molecular complexity index is 216. The molecule has 0 aliphatic rings. The fourth-order valence-corrected chi connectivity index (χ4v) is 2.49. The monoisotopic (exact) mass is 161 g/mol. The molecular weight excluding hydrogens is 148 g/mol. The molecule has 0 N–H and O–H groups in total. The first-order valence-electron chi connectivity index (χ1n) is 3.83. The van der Waals surface area contributed by atoms with Crippen molar-refractivity contribution >= 4 is 14.0 Å². The zero-order chi connectivity index (χ0) is 8.10. The van der Waals surface area contributed by atoms with E-state index in [-0.39, 0.29) is 8.80 Å². The quantitative estimate of drug-likeness (QED) is 0.471. The van der Waals surface area contributed by atoms with Gasteiger partial charge in [0, 0.05) is 0 Å². The maximum Gasteiger partial charge on any atom is 0.0863 e. The van der Waals surface area contributed by atoms with Gasteiger partial charge in [-0.2, -0.15) is 0 Å². The van der Waals surface area contributed by atoms with Crippen LogP contribution in [0, 0.1) is 0 Å². The van der Waals surface area contributed by atoms with Crippen LogP contribution >= 0.6 is 0 Å². The maximum absolute atomic E-state index is 3.75. The minimum Gasteiger partial charge on any atom is -0.103 e. The predicted octanol–water partition coefficient (Wildman–Crippen LogP) is 2.20. The summed E-state index contributed by atoms with van der Waals surface area (Å²) in [5.74, 6) is 0. The minimum absolute atomic E-state index is 0.336. The summed E-state index contributed by atoms with van der Waals surface area (Å²) in [6.07, 6.45) is 2.02. The van der Waals surface area contributed by atoms with Crippen molar-refractivity contribution in [1.29, 1.82) is 0 Å². The van der Waals surface area contributed by atoms with Gasteiger partial charge in [0.2, 0.25) is 0 Å². The average molecular weight is 161 g/mol. The van der Waals surface area contributed by atoms with Crippen molar-refractivity contribution in [3.05, 3.63) is 43.0 Å². The Morgan fingerprint density at radius 2 is 2.00 bits per heavy atom. The second-order valence-corrected chi connectivity index (χ2v) is 5.19. The highest BCUT2D eigenvalue weighted by Crippen LogP contribution is 1.94. The fraction of sp³-hybridized carbons (Fsp3) is 0.200. The van der Waals surface area contributed by atoms with Crippen LogP contribution in [0.25, 0.3) is 0 Å². The van der Waals surface area contributed by atoms with Crippen LogP contribution in [-0.2, 0) is 0 Å². The van der Waals surface area contributed by atoms with Gasteiger partial charge >= 0.3 is 0 Å². The third-order valence-electron chi connectivity index (χ3n) is 1.72. The molecule has 0 spiro atoms. The van der Waals surface area contributed by atoms with Crippen LogP contribution in [0.3, 0.4) is 0 Å². The van der Waals surface area contributed by atoms with Crippen molar-refractivity contribution < 1.29 is 0 Å². The number of hydrogen-bond donors (Lipinski definition) is 0. The van der Waals surface area contributed by atoms with Crippen LogP contribution in [-0.4, -0.2) is 8.80 Å². The van der Waals surface area contributed by atoms with Gasteiger partial charge in [0.05, 0.1) is 8.80 Å². The molecule has 0 aromatic heterocycles. The molecule has 1 aromatic carbocycles. The van der Waals surface area contributed by atoms with Crippen molar-refractivity contribution in [1.82, 2.24) is 0 Å². The molecule has 1 rings (SSSR count). The van der Waals surface area contributed by atoms with Gasteiger partial charge in [-0.3, -0.25) is 0 Å². The summed E-state index contributed by atoms with van der Waals surface area (Å²) in [7, 11) is -0.336. The first kappa shape index (κ1) is 8.28. The van der Waals surface area contributed by atoms with Gasteiger partial charge in [0.1, 0.15) is 0 Å². The van der Waals surface area contributed by atoms with Gasteiger partial charge in [-0.15, -0.1) is 6.58 Å². The molecule has 1 radical (unpaired) electrons. The highest BCUT2D eigenvalue weighted by molar-refractivity contribution is 6.72. The van der Waals surface area contributed by atoms with Crippen molar-refractivity contribution in [2.24, 2.45) is 0 Å². The molecule has 0 aliphatic carbocycles. The number of benzene rings is 1. The van der Waals surface area contributed by atoms with Crippen molar-refractivity contribution in [2.75, 3.05) is 0 Å². The van der Waals surface area contributed by atoms with Crippen LogP contribution in [0.4, 0.5) is 0 Å². The minimum atomic E-state index is -0.336. The Balaban J connectivity index is 2.68. The summed E-state index contributed by atoms with van der Waals surface area (Å²) in [5, 5.41) is 1.50. The highest BCUT2D eigenvalue weighted by Gasteiger charge is 2.02. The summed E-state index contributed by atoms with van der Waals surface area (Å²) in [6.45, 7) is 6.07. The normalized spacial score (nSPS) is 10.0. The lowest BCUT2D eigenvalue weighted by Crippen LogP contribution is -2.24. The Kier molecular flexibility index (Phi) is 3.11. The smallest absolute Gasteiger partial charge is 0.0863 e. The molecule has 0 saturated carbocycles. The predicted molar refractivity (Wildman–Crippen MR) is 52.7 cm³/mol. The van der Waals surface area contributed by atoms with Gasteiger partial charge in [0.15, 0.2) is 0 Å². The molecule has 0 saturated heterocycles. The molecule has 1 heteroatoms. The summed E-state index contributed by atoms with van der Waals surface area (Å²) in [6, 6.07) is 11.8. The van der Waals surface area contributed by atoms with E-state index in [1.54, 1.807) is 0 Å². The van der Waals surface area contributed by atoms with Crippen LogP contribution in [0.5, 0.6) is 0 Å². The molecule has 0 bridgehead atoms. The van der Waals surface area contributed by atoms with Gasteiger partial charge < -0.3 is 0 Å². The largest absolute Gasteiger partial charge is 0.103 e. The van der Waals surface area contributed by atoms with E-state index in [1.807, 2.05) is 6.08 Å². The van der Waals surface area contributed by atoms with E-state index < -0.39 is 0 Å². The molecule has 0 fully saturated rings. The molecule has 57 valence electrons. The third kappa shape index (κ3) is 2.35. The van der Waals surface area contributed by atoms with E-state index in [4.69, 9.17) is 0 Å². The topological polar surface area (TPSA) is 0 Å². The first-order valence-corrected chi connectivity index (χ1v) is 6.04. The molecule has 0 unspecified atom stereocenters. The van der Waals surface area contributed by atoms with Crippen molar-refractivity contribution in [3.63, 3.8) is 0 Å². The lowest BCUT2D eigenvalue weighted by atomic mass is 10.4. The lowest BCUT2D eigenvalue weighted by Gasteiger charge is -2.05. The van der Waals surface area contributed by atoms with E-state index in [9.17, 15) is 0 Å². The van der Waals surface area contributed by atoms with E-state index in [1.165, 1.54) is 5.19 Å². The second-order valence-electron chi connectivity index (χ2n) is 2.64. The number of allylic oxidation sites excluding steroid dienone is 1. The zero-order valence-corrected chi connectivity index (χ0v) is 7.88. The van der Waals surface area contributed by atoms with Gasteiger partial charge in [0.25, 0.3) is 0 Å². The van der Waals surface area contributed by atoms with Crippen molar-refractivity contribution in [3.8, 4) is 0 Å².